The minimum Gasteiger partial charge on any atom is -0.481 e. The number of hydrogen-bond acceptors (Lipinski definition) is 3. The molecule has 0 fully saturated rings. The third-order valence-corrected chi connectivity index (χ3v) is 3.57. The van der Waals surface area contributed by atoms with Gasteiger partial charge in [-0.2, -0.15) is 0 Å². The van der Waals surface area contributed by atoms with Gasteiger partial charge in [0.2, 0.25) is 0 Å². The van der Waals surface area contributed by atoms with Gasteiger partial charge < -0.3 is 5.11 Å². The van der Waals surface area contributed by atoms with Crippen LogP contribution in [0.15, 0.2) is 24.3 Å². The smallest absolute Gasteiger partial charge is 0.303 e. The van der Waals surface area contributed by atoms with Crippen LogP contribution in [0.2, 0.25) is 0 Å². The number of nitrogens with zero attached hydrogens (tertiary/aromatic N) is 1. The Hall–Kier alpha value is -2.17. The van der Waals surface area contributed by atoms with Crippen molar-refractivity contribution in [2.75, 3.05) is 6.54 Å². The average molecular weight is 275 g/mol. The summed E-state index contributed by atoms with van der Waals surface area (Å²) in [4.78, 5) is 35.9. The van der Waals surface area contributed by atoms with Gasteiger partial charge in [0.1, 0.15) is 0 Å². The zero-order valence-corrected chi connectivity index (χ0v) is 11.3. The van der Waals surface area contributed by atoms with E-state index in [0.717, 1.165) is 0 Å². The Kier molecular flexibility index (Phi) is 4.17. The van der Waals surface area contributed by atoms with Crippen LogP contribution in [0.4, 0.5) is 0 Å². The molecule has 1 aromatic rings. The molecular formula is C15H17NO4. The lowest BCUT2D eigenvalue weighted by Gasteiger charge is -2.16. The van der Waals surface area contributed by atoms with Crippen molar-refractivity contribution < 1.29 is 19.5 Å². The first kappa shape index (κ1) is 14.2. The minimum absolute atomic E-state index is 0.114. The van der Waals surface area contributed by atoms with E-state index in [2.05, 4.69) is 0 Å². The Balaban J connectivity index is 1.94. The maximum atomic E-state index is 12.1. The normalized spacial score (nSPS) is 15.3. The summed E-state index contributed by atoms with van der Waals surface area (Å²) in [6, 6.07) is 6.79. The topological polar surface area (TPSA) is 74.7 Å². The van der Waals surface area contributed by atoms with Crippen LogP contribution in [0.25, 0.3) is 0 Å². The largest absolute Gasteiger partial charge is 0.481 e. The molecule has 1 atom stereocenters. The number of carboxylic acid groups (broad SMARTS) is 1. The van der Waals surface area contributed by atoms with Gasteiger partial charge in [-0.1, -0.05) is 19.1 Å². The molecule has 0 saturated heterocycles. The van der Waals surface area contributed by atoms with E-state index in [9.17, 15) is 14.4 Å². The van der Waals surface area contributed by atoms with Gasteiger partial charge in [0.25, 0.3) is 11.8 Å². The zero-order chi connectivity index (χ0) is 14.7. The van der Waals surface area contributed by atoms with Crippen LogP contribution in [0, 0.1) is 5.92 Å². The second-order valence-corrected chi connectivity index (χ2v) is 5.13. The van der Waals surface area contributed by atoms with Crippen LogP contribution in [0.3, 0.4) is 0 Å². The number of fused-ring (bicyclic) bond motifs is 1. The molecule has 0 radical (unpaired) electrons. The molecule has 0 unspecified atom stereocenters. The van der Waals surface area contributed by atoms with Crippen LogP contribution in [-0.4, -0.2) is 34.3 Å². The molecule has 0 saturated carbocycles. The summed E-state index contributed by atoms with van der Waals surface area (Å²) in [5.41, 5.74) is 0.909. The molecule has 1 aromatic carbocycles. The number of carbonyl (C=O) groups excluding carboxylic acids is 2. The first-order valence-electron chi connectivity index (χ1n) is 6.67. The van der Waals surface area contributed by atoms with E-state index in [1.54, 1.807) is 24.3 Å². The maximum absolute atomic E-state index is 12.1. The van der Waals surface area contributed by atoms with Gasteiger partial charge >= 0.3 is 5.97 Å². The number of rotatable bonds is 6. The lowest BCUT2D eigenvalue weighted by Crippen LogP contribution is -2.31. The summed E-state index contributed by atoms with van der Waals surface area (Å²) in [5.74, 6) is -1.17. The monoisotopic (exact) mass is 275 g/mol. The van der Waals surface area contributed by atoms with E-state index in [0.29, 0.717) is 30.5 Å². The molecule has 5 heteroatoms. The molecule has 5 nitrogen and oxygen atoms in total. The minimum atomic E-state index is -0.822. The Labute approximate surface area is 117 Å². The maximum Gasteiger partial charge on any atom is 0.303 e. The third kappa shape index (κ3) is 2.87. The average Bonchev–Trinajstić information content (AvgIpc) is 2.67. The standard InChI is InChI=1S/C15H17NO4/c1-10(6-7-13(17)18)8-9-16-14(19)11-4-2-3-5-12(11)15(16)20/h2-5,10H,6-9H2,1H3,(H,17,18)/t10-/m0/s1. The fourth-order valence-corrected chi connectivity index (χ4v) is 2.31. The summed E-state index contributed by atoms with van der Waals surface area (Å²) in [7, 11) is 0. The molecule has 20 heavy (non-hydrogen) atoms. The van der Waals surface area contributed by atoms with E-state index in [-0.39, 0.29) is 24.2 Å². The third-order valence-electron chi connectivity index (χ3n) is 3.57. The number of aliphatic carboxylic acids is 1. The quantitative estimate of drug-likeness (QED) is 0.807. The first-order chi connectivity index (χ1) is 9.50. The molecule has 2 rings (SSSR count). The first-order valence-corrected chi connectivity index (χ1v) is 6.67. The molecule has 2 amide bonds. The highest BCUT2D eigenvalue weighted by atomic mass is 16.4. The van der Waals surface area contributed by atoms with Crippen LogP contribution < -0.4 is 0 Å². The number of benzene rings is 1. The van der Waals surface area contributed by atoms with Crippen molar-refractivity contribution in [2.24, 2.45) is 5.92 Å². The highest BCUT2D eigenvalue weighted by Gasteiger charge is 2.34. The van der Waals surface area contributed by atoms with Crippen molar-refractivity contribution in [3.8, 4) is 0 Å². The van der Waals surface area contributed by atoms with Gasteiger partial charge in [0.05, 0.1) is 11.1 Å². The van der Waals surface area contributed by atoms with Gasteiger partial charge in [-0.15, -0.1) is 0 Å². The summed E-state index contributed by atoms with van der Waals surface area (Å²) in [6.45, 7) is 2.27. The van der Waals surface area contributed by atoms with Crippen molar-refractivity contribution in [3.05, 3.63) is 35.4 Å². The van der Waals surface area contributed by atoms with Gasteiger partial charge in [-0.25, -0.2) is 0 Å². The Bertz CT molecular complexity index is 518. The molecule has 0 aliphatic carbocycles. The van der Waals surface area contributed by atoms with Crippen LogP contribution in [-0.2, 0) is 4.79 Å². The van der Waals surface area contributed by atoms with Crippen LogP contribution in [0.1, 0.15) is 46.9 Å². The fraction of sp³-hybridized carbons (Fsp3) is 0.400. The Morgan fingerprint density at radius 2 is 1.70 bits per heavy atom. The summed E-state index contributed by atoms with van der Waals surface area (Å²) in [6.07, 6.45) is 1.29. The second kappa shape index (κ2) is 5.86. The van der Waals surface area contributed by atoms with Gasteiger partial charge in [-0.05, 0) is 30.9 Å². The number of carbonyl (C=O) groups is 3. The molecule has 1 aliphatic rings. The van der Waals surface area contributed by atoms with Gasteiger partial charge in [-0.3, -0.25) is 19.3 Å². The lowest BCUT2D eigenvalue weighted by atomic mass is 10.0. The highest BCUT2D eigenvalue weighted by molar-refractivity contribution is 6.21. The molecule has 106 valence electrons. The van der Waals surface area contributed by atoms with Crippen LogP contribution in [0.5, 0.6) is 0 Å². The van der Waals surface area contributed by atoms with Crippen molar-refractivity contribution in [1.82, 2.24) is 4.90 Å². The van der Waals surface area contributed by atoms with Crippen molar-refractivity contribution in [2.45, 2.75) is 26.2 Å². The van der Waals surface area contributed by atoms with E-state index < -0.39 is 5.97 Å². The number of hydrogen-bond donors (Lipinski definition) is 1. The number of imide groups is 1. The number of amides is 2. The van der Waals surface area contributed by atoms with Crippen molar-refractivity contribution in [1.29, 1.82) is 0 Å². The molecule has 1 aliphatic heterocycles. The van der Waals surface area contributed by atoms with Crippen molar-refractivity contribution >= 4 is 17.8 Å². The highest BCUT2D eigenvalue weighted by Crippen LogP contribution is 2.23. The predicted molar refractivity (Wildman–Crippen MR) is 72.5 cm³/mol. The van der Waals surface area contributed by atoms with E-state index in [4.69, 9.17) is 5.11 Å². The number of carboxylic acids is 1. The lowest BCUT2D eigenvalue weighted by molar-refractivity contribution is -0.137. The second-order valence-electron chi connectivity index (χ2n) is 5.13. The van der Waals surface area contributed by atoms with E-state index in [1.165, 1.54) is 4.90 Å². The van der Waals surface area contributed by atoms with E-state index in [1.807, 2.05) is 6.92 Å². The SMILES string of the molecule is C[C@@H](CCC(=O)O)CCN1C(=O)c2ccccc2C1=O. The van der Waals surface area contributed by atoms with Gasteiger partial charge in [0.15, 0.2) is 0 Å². The molecule has 0 spiro atoms. The summed E-state index contributed by atoms with van der Waals surface area (Å²) >= 11 is 0. The van der Waals surface area contributed by atoms with Crippen molar-refractivity contribution in [3.63, 3.8) is 0 Å². The zero-order valence-electron chi connectivity index (χ0n) is 11.3. The molecular weight excluding hydrogens is 258 g/mol. The van der Waals surface area contributed by atoms with Crippen LogP contribution >= 0.6 is 0 Å². The Morgan fingerprint density at radius 1 is 1.15 bits per heavy atom. The van der Waals surface area contributed by atoms with E-state index >= 15 is 0 Å². The molecule has 0 bridgehead atoms. The fourth-order valence-electron chi connectivity index (χ4n) is 2.31. The summed E-state index contributed by atoms with van der Waals surface area (Å²) < 4.78 is 0. The predicted octanol–water partition coefficient (Wildman–Crippen LogP) is 2.17. The Morgan fingerprint density at radius 3 is 2.20 bits per heavy atom. The molecule has 0 aromatic heterocycles. The molecule has 1 N–H and O–H groups in total. The molecule has 1 heterocycles. The van der Waals surface area contributed by atoms with Gasteiger partial charge in [0, 0.05) is 13.0 Å². The summed E-state index contributed by atoms with van der Waals surface area (Å²) in [5, 5.41) is 8.63.